The molecule has 6 nitrogen and oxygen atoms in total. The van der Waals surface area contributed by atoms with Crippen molar-refractivity contribution in [2.75, 3.05) is 6.54 Å². The predicted octanol–water partition coefficient (Wildman–Crippen LogP) is 1.88. The maximum Gasteiger partial charge on any atom is 0.303 e. The zero-order chi connectivity index (χ0) is 15.0. The third-order valence-electron chi connectivity index (χ3n) is 3.20. The number of unbranched alkanes of at least 4 members (excludes halogenated alkanes) is 4. The summed E-state index contributed by atoms with van der Waals surface area (Å²) in [7, 11) is 1.81. The van der Waals surface area contributed by atoms with Crippen molar-refractivity contribution >= 4 is 11.9 Å². The van der Waals surface area contributed by atoms with Gasteiger partial charge in [0.25, 0.3) is 5.91 Å². The van der Waals surface area contributed by atoms with Gasteiger partial charge in [-0.3, -0.25) is 14.3 Å². The Hall–Kier alpha value is -1.85. The van der Waals surface area contributed by atoms with Gasteiger partial charge < -0.3 is 10.4 Å². The van der Waals surface area contributed by atoms with E-state index in [2.05, 4.69) is 10.4 Å². The number of carbonyl (C=O) groups excluding carboxylic acids is 1. The lowest BCUT2D eigenvalue weighted by molar-refractivity contribution is -0.137. The van der Waals surface area contributed by atoms with Crippen LogP contribution in [0.5, 0.6) is 0 Å². The van der Waals surface area contributed by atoms with Gasteiger partial charge in [-0.2, -0.15) is 5.10 Å². The van der Waals surface area contributed by atoms with E-state index in [4.69, 9.17) is 5.11 Å². The van der Waals surface area contributed by atoms with Gasteiger partial charge in [-0.05, 0) is 25.8 Å². The second-order valence-corrected chi connectivity index (χ2v) is 4.96. The number of aliphatic carboxylic acids is 1. The quantitative estimate of drug-likeness (QED) is 0.677. The second-order valence-electron chi connectivity index (χ2n) is 4.96. The zero-order valence-electron chi connectivity index (χ0n) is 12.2. The molecule has 0 saturated carbocycles. The van der Waals surface area contributed by atoms with Crippen molar-refractivity contribution < 1.29 is 14.7 Å². The van der Waals surface area contributed by atoms with E-state index < -0.39 is 5.97 Å². The van der Waals surface area contributed by atoms with Gasteiger partial charge in [0.05, 0.1) is 0 Å². The maximum atomic E-state index is 11.8. The molecule has 1 aromatic heterocycles. The summed E-state index contributed by atoms with van der Waals surface area (Å²) in [4.78, 5) is 22.1. The summed E-state index contributed by atoms with van der Waals surface area (Å²) in [6.07, 6.45) is 4.82. The lowest BCUT2D eigenvalue weighted by atomic mass is 10.1. The molecule has 1 amide bonds. The molecule has 0 bridgehead atoms. The highest BCUT2D eigenvalue weighted by atomic mass is 16.4. The Morgan fingerprint density at radius 2 is 1.90 bits per heavy atom. The van der Waals surface area contributed by atoms with Crippen molar-refractivity contribution in [2.24, 2.45) is 7.05 Å². The minimum absolute atomic E-state index is 0.139. The fraction of sp³-hybridized carbons (Fsp3) is 0.643. The smallest absolute Gasteiger partial charge is 0.303 e. The Morgan fingerprint density at radius 3 is 2.50 bits per heavy atom. The molecule has 2 N–H and O–H groups in total. The predicted molar refractivity (Wildman–Crippen MR) is 75.6 cm³/mol. The van der Waals surface area contributed by atoms with Gasteiger partial charge in [0, 0.05) is 25.7 Å². The number of carboxylic acid groups (broad SMARTS) is 1. The van der Waals surface area contributed by atoms with Crippen molar-refractivity contribution in [1.82, 2.24) is 15.1 Å². The first-order valence-electron chi connectivity index (χ1n) is 7.01. The SMILES string of the molecule is Cc1cc(C(=O)NCCCCCCCC(=O)O)nn1C. The van der Waals surface area contributed by atoms with E-state index in [-0.39, 0.29) is 12.3 Å². The molecule has 112 valence electrons. The van der Waals surface area contributed by atoms with Crippen molar-refractivity contribution in [2.45, 2.75) is 45.4 Å². The number of amides is 1. The first-order valence-corrected chi connectivity index (χ1v) is 7.01. The van der Waals surface area contributed by atoms with Crippen LogP contribution in [0.4, 0.5) is 0 Å². The van der Waals surface area contributed by atoms with Crippen LogP contribution in [0.15, 0.2) is 6.07 Å². The van der Waals surface area contributed by atoms with E-state index in [0.29, 0.717) is 12.2 Å². The molecular formula is C14H23N3O3. The molecule has 0 aliphatic rings. The van der Waals surface area contributed by atoms with E-state index in [1.807, 2.05) is 14.0 Å². The van der Waals surface area contributed by atoms with E-state index in [1.54, 1.807) is 10.7 Å². The highest BCUT2D eigenvalue weighted by molar-refractivity contribution is 5.92. The summed E-state index contributed by atoms with van der Waals surface area (Å²) in [5, 5.41) is 15.4. The van der Waals surface area contributed by atoms with Crippen molar-refractivity contribution in [3.8, 4) is 0 Å². The number of carboxylic acids is 1. The van der Waals surface area contributed by atoms with E-state index >= 15 is 0 Å². The number of hydrogen-bond donors (Lipinski definition) is 2. The zero-order valence-corrected chi connectivity index (χ0v) is 12.2. The summed E-state index contributed by atoms with van der Waals surface area (Å²) < 4.78 is 1.68. The summed E-state index contributed by atoms with van der Waals surface area (Å²) in [5.41, 5.74) is 1.40. The molecule has 0 aliphatic heterocycles. The molecule has 0 aliphatic carbocycles. The summed E-state index contributed by atoms with van der Waals surface area (Å²) in [5.74, 6) is -0.873. The molecule has 0 atom stereocenters. The fourth-order valence-corrected chi connectivity index (χ4v) is 1.90. The Labute approximate surface area is 119 Å². The highest BCUT2D eigenvalue weighted by Gasteiger charge is 2.09. The lowest BCUT2D eigenvalue weighted by Crippen LogP contribution is -2.24. The fourth-order valence-electron chi connectivity index (χ4n) is 1.90. The van der Waals surface area contributed by atoms with Crippen molar-refractivity contribution in [3.05, 3.63) is 17.5 Å². The molecule has 0 fully saturated rings. The number of aryl methyl sites for hydroxylation is 2. The molecule has 1 heterocycles. The van der Waals surface area contributed by atoms with Crippen molar-refractivity contribution in [1.29, 1.82) is 0 Å². The van der Waals surface area contributed by atoms with Crippen LogP contribution in [0.2, 0.25) is 0 Å². The Balaban J connectivity index is 2.06. The van der Waals surface area contributed by atoms with Crippen LogP contribution in [-0.2, 0) is 11.8 Å². The molecule has 6 heteroatoms. The third kappa shape index (κ3) is 5.86. The number of hydrogen-bond acceptors (Lipinski definition) is 3. The highest BCUT2D eigenvalue weighted by Crippen LogP contribution is 2.05. The molecule has 0 aromatic carbocycles. The molecule has 0 unspecified atom stereocenters. The van der Waals surface area contributed by atoms with Crippen LogP contribution < -0.4 is 5.32 Å². The van der Waals surface area contributed by atoms with Crippen LogP contribution in [0, 0.1) is 6.92 Å². The Kier molecular flexibility index (Phi) is 6.76. The van der Waals surface area contributed by atoms with Gasteiger partial charge in [-0.1, -0.05) is 19.3 Å². The topological polar surface area (TPSA) is 84.2 Å². The number of aromatic nitrogens is 2. The molecule has 1 rings (SSSR count). The maximum absolute atomic E-state index is 11.8. The Morgan fingerprint density at radius 1 is 1.25 bits per heavy atom. The number of nitrogens with one attached hydrogen (secondary N) is 1. The monoisotopic (exact) mass is 281 g/mol. The van der Waals surface area contributed by atoms with Gasteiger partial charge in [0.15, 0.2) is 0 Å². The standard InChI is InChI=1S/C14H23N3O3/c1-11-10-12(16-17(11)2)14(20)15-9-7-5-3-4-6-8-13(18)19/h10H,3-9H2,1-2H3,(H,15,20)(H,18,19). The van der Waals surface area contributed by atoms with Crippen LogP contribution in [0.25, 0.3) is 0 Å². The van der Waals surface area contributed by atoms with Gasteiger partial charge in [0.2, 0.25) is 0 Å². The van der Waals surface area contributed by atoms with Gasteiger partial charge in [0.1, 0.15) is 5.69 Å². The molecule has 0 spiro atoms. The average Bonchev–Trinajstić information content (AvgIpc) is 2.72. The average molecular weight is 281 g/mol. The van der Waals surface area contributed by atoms with Gasteiger partial charge in [-0.25, -0.2) is 0 Å². The molecule has 0 radical (unpaired) electrons. The van der Waals surface area contributed by atoms with Crippen LogP contribution in [0.3, 0.4) is 0 Å². The number of rotatable bonds is 9. The van der Waals surface area contributed by atoms with Crippen LogP contribution in [0.1, 0.15) is 54.7 Å². The van der Waals surface area contributed by atoms with Gasteiger partial charge in [-0.15, -0.1) is 0 Å². The molecule has 20 heavy (non-hydrogen) atoms. The summed E-state index contributed by atoms with van der Waals surface area (Å²) in [6.45, 7) is 2.54. The first kappa shape index (κ1) is 16.2. The second kappa shape index (κ2) is 8.35. The molecule has 0 saturated heterocycles. The van der Waals surface area contributed by atoms with E-state index in [9.17, 15) is 9.59 Å². The van der Waals surface area contributed by atoms with Gasteiger partial charge >= 0.3 is 5.97 Å². The lowest BCUT2D eigenvalue weighted by Gasteiger charge is -2.03. The minimum atomic E-state index is -0.733. The van der Waals surface area contributed by atoms with E-state index in [0.717, 1.165) is 37.8 Å². The van der Waals surface area contributed by atoms with Crippen LogP contribution in [-0.4, -0.2) is 33.3 Å². The molecular weight excluding hydrogens is 258 g/mol. The van der Waals surface area contributed by atoms with E-state index in [1.165, 1.54) is 0 Å². The van der Waals surface area contributed by atoms with Crippen LogP contribution >= 0.6 is 0 Å². The summed E-state index contributed by atoms with van der Waals surface area (Å²) in [6, 6.07) is 1.77. The largest absolute Gasteiger partial charge is 0.481 e. The summed E-state index contributed by atoms with van der Waals surface area (Å²) >= 11 is 0. The number of nitrogens with zero attached hydrogens (tertiary/aromatic N) is 2. The first-order chi connectivity index (χ1) is 9.50. The van der Waals surface area contributed by atoms with Crippen molar-refractivity contribution in [3.63, 3.8) is 0 Å². The minimum Gasteiger partial charge on any atom is -0.481 e. The normalized spacial score (nSPS) is 10.5. The molecule has 1 aromatic rings. The number of carbonyl (C=O) groups is 2. The Bertz CT molecular complexity index is 435. The third-order valence-corrected chi connectivity index (χ3v) is 3.20.